The first kappa shape index (κ1) is 31.1. The Hall–Kier alpha value is -3.40. The molecule has 0 aliphatic carbocycles. The van der Waals surface area contributed by atoms with Gasteiger partial charge >= 0.3 is 0 Å². The number of hydrogen-bond donors (Lipinski definition) is 2. The first-order valence-electron chi connectivity index (χ1n) is 14.7. The van der Waals surface area contributed by atoms with Gasteiger partial charge in [-0.15, -0.1) is 0 Å². The molecule has 3 aromatic rings. The van der Waals surface area contributed by atoms with Gasteiger partial charge < -0.3 is 10.2 Å². The minimum atomic E-state index is -0.184. The molecule has 0 fully saturated rings. The van der Waals surface area contributed by atoms with E-state index in [2.05, 4.69) is 67.5 Å². The van der Waals surface area contributed by atoms with E-state index in [1.165, 1.54) is 11.1 Å². The molecule has 214 valence electrons. The lowest BCUT2D eigenvalue weighted by atomic mass is 9.83. The van der Waals surface area contributed by atoms with E-state index in [1.807, 2.05) is 36.4 Å². The Bertz CT molecular complexity index is 1250. The molecule has 4 nitrogen and oxygen atoms in total. The van der Waals surface area contributed by atoms with Crippen LogP contribution in [0.15, 0.2) is 58.5 Å². The number of nitrogens with zero attached hydrogens (tertiary/aromatic N) is 2. The third-order valence-electron chi connectivity index (χ3n) is 7.22. The van der Waals surface area contributed by atoms with Crippen molar-refractivity contribution in [3.05, 3.63) is 81.9 Å². The average Bonchev–Trinajstić information content (AvgIpc) is 2.89. The van der Waals surface area contributed by atoms with E-state index in [0.29, 0.717) is 22.5 Å². The molecule has 2 N–H and O–H groups in total. The molecule has 0 spiro atoms. The van der Waals surface area contributed by atoms with Crippen LogP contribution in [0.1, 0.15) is 114 Å². The lowest BCUT2D eigenvalue weighted by Crippen LogP contribution is -2.13. The molecule has 0 atom stereocenters. The molecule has 40 heavy (non-hydrogen) atoms. The number of phenols is 2. The van der Waals surface area contributed by atoms with Gasteiger partial charge in [0.05, 0.1) is 11.4 Å². The van der Waals surface area contributed by atoms with E-state index in [1.54, 1.807) is 12.4 Å². The number of hydrogen-bond acceptors (Lipinski definition) is 4. The van der Waals surface area contributed by atoms with Crippen molar-refractivity contribution in [1.82, 2.24) is 0 Å². The van der Waals surface area contributed by atoms with E-state index in [9.17, 15) is 10.2 Å². The highest BCUT2D eigenvalue weighted by Gasteiger charge is 2.22. The van der Waals surface area contributed by atoms with E-state index in [0.717, 1.165) is 49.7 Å². The molecule has 0 heterocycles. The summed E-state index contributed by atoms with van der Waals surface area (Å²) in [7, 11) is 0. The fraction of sp³-hybridized carbons (Fsp3) is 0.444. The summed E-state index contributed by atoms with van der Waals surface area (Å²) < 4.78 is 0. The molecular formula is C36H48N2O2. The zero-order valence-corrected chi connectivity index (χ0v) is 25.8. The van der Waals surface area contributed by atoms with Gasteiger partial charge in [0.15, 0.2) is 0 Å². The van der Waals surface area contributed by atoms with Crippen molar-refractivity contribution in [2.75, 3.05) is 0 Å². The third-order valence-corrected chi connectivity index (χ3v) is 7.22. The van der Waals surface area contributed by atoms with Crippen molar-refractivity contribution >= 4 is 23.8 Å². The minimum Gasteiger partial charge on any atom is -0.507 e. The molecule has 3 rings (SSSR count). The summed E-state index contributed by atoms with van der Waals surface area (Å²) in [5, 5.41) is 22.3. The number of para-hydroxylation sites is 2. The van der Waals surface area contributed by atoms with Crippen molar-refractivity contribution in [3.8, 4) is 11.5 Å². The molecule has 3 aromatic carbocycles. The van der Waals surface area contributed by atoms with Gasteiger partial charge in [-0.25, -0.2) is 0 Å². The van der Waals surface area contributed by atoms with Crippen LogP contribution in [0.4, 0.5) is 11.4 Å². The topological polar surface area (TPSA) is 65.2 Å². The maximum Gasteiger partial charge on any atom is 0.128 e. The van der Waals surface area contributed by atoms with Crippen LogP contribution in [-0.2, 0) is 23.7 Å². The Morgan fingerprint density at radius 1 is 0.625 bits per heavy atom. The van der Waals surface area contributed by atoms with Crippen LogP contribution in [0, 0.1) is 0 Å². The molecule has 0 aromatic heterocycles. The van der Waals surface area contributed by atoms with Crippen LogP contribution >= 0.6 is 0 Å². The Morgan fingerprint density at radius 2 is 1.00 bits per heavy atom. The number of aromatic hydroxyl groups is 2. The molecule has 0 bridgehead atoms. The summed E-state index contributed by atoms with van der Waals surface area (Å²) in [5.41, 5.74) is 6.76. The first-order valence-corrected chi connectivity index (χ1v) is 14.7. The van der Waals surface area contributed by atoms with Crippen LogP contribution < -0.4 is 0 Å². The van der Waals surface area contributed by atoms with Crippen LogP contribution in [0.5, 0.6) is 11.5 Å². The molecular weight excluding hydrogens is 492 g/mol. The van der Waals surface area contributed by atoms with E-state index >= 15 is 0 Å². The largest absolute Gasteiger partial charge is 0.507 e. The quantitative estimate of drug-likeness (QED) is 0.251. The first-order chi connectivity index (χ1) is 18.8. The smallest absolute Gasteiger partial charge is 0.128 e. The van der Waals surface area contributed by atoms with Gasteiger partial charge in [-0.3, -0.25) is 9.98 Å². The van der Waals surface area contributed by atoms with Crippen LogP contribution in [0.3, 0.4) is 0 Å². The zero-order chi connectivity index (χ0) is 29.5. The fourth-order valence-corrected chi connectivity index (χ4v) is 4.79. The SMILES string of the molecule is CCCCc1cc(C=Nc2ccccc2N=Cc2cc(CCCC)cc(C(C)(C)C)c2O)c(O)c(C(C)(C)C)c1. The Morgan fingerprint density at radius 3 is 1.32 bits per heavy atom. The molecule has 0 radical (unpaired) electrons. The third kappa shape index (κ3) is 8.06. The molecule has 0 saturated heterocycles. The Kier molecular flexibility index (Phi) is 10.4. The van der Waals surface area contributed by atoms with Gasteiger partial charge in [-0.2, -0.15) is 0 Å². The number of benzene rings is 3. The number of phenolic OH excluding ortho intramolecular Hbond substituents is 2. The van der Waals surface area contributed by atoms with Crippen molar-refractivity contribution in [2.45, 2.75) is 105 Å². The lowest BCUT2D eigenvalue weighted by Gasteiger charge is -2.23. The van der Waals surface area contributed by atoms with Gasteiger partial charge in [0.2, 0.25) is 0 Å². The number of aryl methyl sites for hydroxylation is 2. The van der Waals surface area contributed by atoms with Crippen molar-refractivity contribution in [2.24, 2.45) is 9.98 Å². The molecule has 0 aliphatic rings. The minimum absolute atomic E-state index is 0.184. The highest BCUT2D eigenvalue weighted by atomic mass is 16.3. The average molecular weight is 541 g/mol. The van der Waals surface area contributed by atoms with Crippen LogP contribution in [0.2, 0.25) is 0 Å². The second-order valence-corrected chi connectivity index (χ2v) is 12.9. The van der Waals surface area contributed by atoms with E-state index < -0.39 is 0 Å². The Labute approximate surface area is 241 Å². The van der Waals surface area contributed by atoms with Gasteiger partial charge in [0.25, 0.3) is 0 Å². The summed E-state index contributed by atoms with van der Waals surface area (Å²) in [6, 6.07) is 16.1. The zero-order valence-electron chi connectivity index (χ0n) is 25.8. The van der Waals surface area contributed by atoms with Gasteiger partial charge in [0, 0.05) is 34.7 Å². The number of unbranched alkanes of at least 4 members (excludes halogenated alkanes) is 2. The second kappa shape index (κ2) is 13.3. The van der Waals surface area contributed by atoms with Crippen LogP contribution in [0.25, 0.3) is 0 Å². The van der Waals surface area contributed by atoms with E-state index in [4.69, 9.17) is 9.98 Å². The summed E-state index contributed by atoms with van der Waals surface area (Å²) in [6.45, 7) is 17.1. The highest BCUT2D eigenvalue weighted by molar-refractivity contribution is 5.90. The van der Waals surface area contributed by atoms with Crippen molar-refractivity contribution in [3.63, 3.8) is 0 Å². The maximum atomic E-state index is 11.1. The van der Waals surface area contributed by atoms with Crippen molar-refractivity contribution < 1.29 is 10.2 Å². The summed E-state index contributed by atoms with van der Waals surface area (Å²) in [6.07, 6.45) is 9.88. The van der Waals surface area contributed by atoms with Crippen LogP contribution in [-0.4, -0.2) is 22.6 Å². The monoisotopic (exact) mass is 540 g/mol. The summed E-state index contributed by atoms with van der Waals surface area (Å²) in [5.74, 6) is 0.557. The van der Waals surface area contributed by atoms with Gasteiger partial charge in [-0.1, -0.05) is 92.5 Å². The molecule has 0 saturated carbocycles. The number of aliphatic imine (C=N–C) groups is 2. The van der Waals surface area contributed by atoms with Gasteiger partial charge in [0.1, 0.15) is 11.5 Å². The second-order valence-electron chi connectivity index (χ2n) is 12.9. The molecule has 0 amide bonds. The van der Waals surface area contributed by atoms with Gasteiger partial charge in [-0.05, 0) is 71.9 Å². The normalized spacial score (nSPS) is 12.6. The molecule has 4 heteroatoms. The fourth-order valence-electron chi connectivity index (χ4n) is 4.79. The summed E-state index contributed by atoms with van der Waals surface area (Å²) in [4.78, 5) is 9.54. The standard InChI is InChI=1S/C36H48N2O2/c1-9-11-15-25-19-27(33(39)29(21-25)35(3,4)5)23-37-31-17-13-14-18-32(31)38-24-28-20-26(16-12-10-2)22-30(34(28)40)36(6,7)8/h13-14,17-24,39-40H,9-12,15-16H2,1-8H3. The summed E-state index contributed by atoms with van der Waals surface area (Å²) >= 11 is 0. The highest BCUT2D eigenvalue weighted by Crippen LogP contribution is 2.37. The van der Waals surface area contributed by atoms with Crippen molar-refractivity contribution in [1.29, 1.82) is 0 Å². The van der Waals surface area contributed by atoms with E-state index in [-0.39, 0.29) is 22.3 Å². The number of rotatable bonds is 10. The maximum absolute atomic E-state index is 11.1. The Balaban J connectivity index is 2.01. The lowest BCUT2D eigenvalue weighted by molar-refractivity contribution is 0.444. The molecule has 0 aliphatic heterocycles. The molecule has 0 unspecified atom stereocenters. The predicted molar refractivity (Wildman–Crippen MR) is 172 cm³/mol. The predicted octanol–water partition coefficient (Wildman–Crippen LogP) is 9.88.